The Labute approximate surface area is 101 Å². The van der Waals surface area contributed by atoms with E-state index >= 15 is 0 Å². The largest absolute Gasteiger partial charge is 0.370 e. The van der Waals surface area contributed by atoms with E-state index in [0.717, 1.165) is 29.1 Å². The second-order valence-corrected chi connectivity index (χ2v) is 5.19. The number of nitrogens with zero attached hydrogens (tertiary/aromatic N) is 1. The zero-order chi connectivity index (χ0) is 12.3. The molecule has 0 saturated carbocycles. The van der Waals surface area contributed by atoms with Crippen molar-refractivity contribution in [3.8, 4) is 0 Å². The van der Waals surface area contributed by atoms with E-state index in [-0.39, 0.29) is 11.3 Å². The summed E-state index contributed by atoms with van der Waals surface area (Å²) in [5.74, 6) is 0.0864. The van der Waals surface area contributed by atoms with Gasteiger partial charge in [0.15, 0.2) is 5.78 Å². The third kappa shape index (κ3) is 2.61. The van der Waals surface area contributed by atoms with Crippen LogP contribution in [0, 0.1) is 6.92 Å². The zero-order valence-electron chi connectivity index (χ0n) is 10.7. The van der Waals surface area contributed by atoms with Gasteiger partial charge in [-0.1, -0.05) is 13.8 Å². The molecule has 0 amide bonds. The molecular weight excluding hydrogens is 220 g/mol. The highest BCUT2D eigenvalue weighted by Crippen LogP contribution is 2.30. The quantitative estimate of drug-likeness (QED) is 0.799. The summed E-state index contributed by atoms with van der Waals surface area (Å²) < 4.78 is 4.25. The molecule has 0 bridgehead atoms. The third-order valence-corrected chi connectivity index (χ3v) is 4.04. The summed E-state index contributed by atoms with van der Waals surface area (Å²) >= 11 is 1.38. The van der Waals surface area contributed by atoms with E-state index in [0.29, 0.717) is 0 Å². The van der Waals surface area contributed by atoms with E-state index < -0.39 is 0 Å². The highest BCUT2D eigenvalue weighted by molar-refractivity contribution is 7.10. The number of aromatic nitrogens is 1. The Hall–Kier alpha value is -0.900. The van der Waals surface area contributed by atoms with Gasteiger partial charge in [-0.25, -0.2) is 0 Å². The van der Waals surface area contributed by atoms with Gasteiger partial charge in [0.25, 0.3) is 0 Å². The van der Waals surface area contributed by atoms with Crippen molar-refractivity contribution in [3.05, 3.63) is 11.3 Å². The van der Waals surface area contributed by atoms with Gasteiger partial charge in [0.05, 0.1) is 11.3 Å². The molecule has 0 atom stereocenters. The van der Waals surface area contributed by atoms with Crippen LogP contribution in [-0.2, 0) is 0 Å². The Balaban J connectivity index is 3.02. The van der Waals surface area contributed by atoms with Crippen LogP contribution in [0.2, 0.25) is 0 Å². The van der Waals surface area contributed by atoms with Crippen molar-refractivity contribution in [2.75, 3.05) is 5.32 Å². The smallest absolute Gasteiger partial charge is 0.164 e. The van der Waals surface area contributed by atoms with Crippen molar-refractivity contribution in [2.24, 2.45) is 0 Å². The molecular formula is C12H20N2OS. The maximum atomic E-state index is 11.5. The molecule has 0 aromatic carbocycles. The summed E-state index contributed by atoms with van der Waals surface area (Å²) in [6, 6.07) is 0. The average molecular weight is 240 g/mol. The Morgan fingerprint density at radius 1 is 1.44 bits per heavy atom. The molecule has 0 aliphatic rings. The van der Waals surface area contributed by atoms with Gasteiger partial charge in [0.2, 0.25) is 0 Å². The van der Waals surface area contributed by atoms with E-state index in [9.17, 15) is 4.79 Å². The molecule has 1 aromatic heterocycles. The van der Waals surface area contributed by atoms with Crippen LogP contribution in [0.3, 0.4) is 0 Å². The first-order valence-electron chi connectivity index (χ1n) is 5.69. The van der Waals surface area contributed by atoms with Gasteiger partial charge in [-0.05, 0) is 45.1 Å². The monoisotopic (exact) mass is 240 g/mol. The zero-order valence-corrected chi connectivity index (χ0v) is 11.5. The minimum atomic E-state index is 0.0448. The lowest BCUT2D eigenvalue weighted by atomic mass is 9.95. The second-order valence-electron chi connectivity index (χ2n) is 4.42. The van der Waals surface area contributed by atoms with Crippen LogP contribution < -0.4 is 5.32 Å². The maximum Gasteiger partial charge on any atom is 0.164 e. The summed E-state index contributed by atoms with van der Waals surface area (Å²) in [6.45, 7) is 9.95. The fourth-order valence-electron chi connectivity index (χ4n) is 1.57. The Morgan fingerprint density at radius 3 is 2.44 bits per heavy atom. The van der Waals surface area contributed by atoms with Crippen LogP contribution >= 0.6 is 11.5 Å². The highest BCUT2D eigenvalue weighted by atomic mass is 32.1. The topological polar surface area (TPSA) is 42.0 Å². The molecule has 16 heavy (non-hydrogen) atoms. The molecule has 0 saturated heterocycles. The first kappa shape index (κ1) is 13.2. The number of carbonyl (C=O) groups excluding carboxylic acids is 1. The van der Waals surface area contributed by atoms with Gasteiger partial charge in [0, 0.05) is 5.54 Å². The minimum absolute atomic E-state index is 0.0448. The lowest BCUT2D eigenvalue weighted by molar-refractivity contribution is 0.101. The van der Waals surface area contributed by atoms with Gasteiger partial charge >= 0.3 is 0 Å². The van der Waals surface area contributed by atoms with Crippen LogP contribution in [-0.4, -0.2) is 15.7 Å². The fraction of sp³-hybridized carbons (Fsp3) is 0.667. The molecule has 1 rings (SSSR count). The number of ketones is 1. The molecule has 0 spiro atoms. The Bertz CT molecular complexity index is 380. The number of carbonyl (C=O) groups is 1. The lowest BCUT2D eigenvalue weighted by Gasteiger charge is -2.28. The Morgan fingerprint density at radius 2 is 2.00 bits per heavy atom. The fourth-order valence-corrected chi connectivity index (χ4v) is 2.56. The number of aryl methyl sites for hydroxylation is 1. The first-order valence-corrected chi connectivity index (χ1v) is 6.46. The van der Waals surface area contributed by atoms with E-state index in [1.165, 1.54) is 11.5 Å². The van der Waals surface area contributed by atoms with Gasteiger partial charge < -0.3 is 5.32 Å². The van der Waals surface area contributed by atoms with Gasteiger partial charge in [-0.15, -0.1) is 0 Å². The normalized spacial score (nSPS) is 11.6. The van der Waals surface area contributed by atoms with E-state index in [1.807, 2.05) is 6.92 Å². The van der Waals surface area contributed by atoms with Crippen LogP contribution in [0.1, 0.15) is 56.6 Å². The number of anilines is 1. The highest BCUT2D eigenvalue weighted by Gasteiger charge is 2.23. The Kier molecular flexibility index (Phi) is 4.08. The standard InChI is InChI=1S/C12H20N2OS/c1-6-12(5,7-2)13-11-10(9(4)15)8(3)14-16-11/h13H,6-7H2,1-5H3. The number of nitrogens with one attached hydrogen (secondary N) is 1. The van der Waals surface area contributed by atoms with Gasteiger partial charge in [-0.3, -0.25) is 4.79 Å². The molecule has 1 aromatic rings. The molecule has 0 aliphatic carbocycles. The average Bonchev–Trinajstić information content (AvgIpc) is 2.59. The first-order chi connectivity index (χ1) is 7.43. The van der Waals surface area contributed by atoms with Crippen molar-refractivity contribution in [1.29, 1.82) is 0 Å². The van der Waals surface area contributed by atoms with Gasteiger partial charge in [0.1, 0.15) is 5.00 Å². The SMILES string of the molecule is CCC(C)(CC)Nc1snc(C)c1C(C)=O. The second kappa shape index (κ2) is 4.95. The molecule has 90 valence electrons. The van der Waals surface area contributed by atoms with Crippen LogP contribution in [0.4, 0.5) is 5.00 Å². The minimum Gasteiger partial charge on any atom is -0.370 e. The van der Waals surface area contributed by atoms with E-state index in [4.69, 9.17) is 0 Å². The number of rotatable bonds is 5. The van der Waals surface area contributed by atoms with Crippen LogP contribution in [0.25, 0.3) is 0 Å². The summed E-state index contributed by atoms with van der Waals surface area (Å²) in [5, 5.41) is 4.37. The van der Waals surface area contributed by atoms with E-state index in [1.54, 1.807) is 6.92 Å². The predicted octanol–water partition coefficient (Wildman–Crippen LogP) is 3.64. The van der Waals surface area contributed by atoms with Crippen molar-refractivity contribution in [1.82, 2.24) is 4.37 Å². The maximum absolute atomic E-state index is 11.5. The van der Waals surface area contributed by atoms with Crippen LogP contribution in [0.15, 0.2) is 0 Å². The summed E-state index contributed by atoms with van der Waals surface area (Å²) in [7, 11) is 0. The molecule has 0 radical (unpaired) electrons. The summed E-state index contributed by atoms with van der Waals surface area (Å²) in [5.41, 5.74) is 1.62. The molecule has 4 heteroatoms. The number of Topliss-reactive ketones (excluding diaryl/α,β-unsaturated/α-hetero) is 1. The van der Waals surface area contributed by atoms with Crippen molar-refractivity contribution in [3.63, 3.8) is 0 Å². The van der Waals surface area contributed by atoms with Gasteiger partial charge in [-0.2, -0.15) is 4.37 Å². The predicted molar refractivity (Wildman–Crippen MR) is 69.5 cm³/mol. The van der Waals surface area contributed by atoms with E-state index in [2.05, 4.69) is 30.5 Å². The molecule has 0 fully saturated rings. The third-order valence-electron chi connectivity index (χ3n) is 3.19. The van der Waals surface area contributed by atoms with Crippen molar-refractivity contribution in [2.45, 2.75) is 53.0 Å². The molecule has 1 N–H and O–H groups in total. The van der Waals surface area contributed by atoms with Crippen molar-refractivity contribution >= 4 is 22.3 Å². The number of hydrogen-bond acceptors (Lipinski definition) is 4. The molecule has 0 unspecified atom stereocenters. The molecule has 3 nitrogen and oxygen atoms in total. The summed E-state index contributed by atoms with van der Waals surface area (Å²) in [4.78, 5) is 11.5. The summed E-state index contributed by atoms with van der Waals surface area (Å²) in [6.07, 6.45) is 2.05. The molecule has 1 heterocycles. The number of hydrogen-bond donors (Lipinski definition) is 1. The molecule has 0 aliphatic heterocycles. The van der Waals surface area contributed by atoms with Crippen molar-refractivity contribution < 1.29 is 4.79 Å². The van der Waals surface area contributed by atoms with Crippen LogP contribution in [0.5, 0.6) is 0 Å². The lowest BCUT2D eigenvalue weighted by Crippen LogP contribution is -2.33.